The quantitative estimate of drug-likeness (QED) is 0.0362. The minimum Gasteiger partial charge on any atom is -0.386 e. The number of nitrogens with zero attached hydrogens (tertiary/aromatic N) is 1. The lowest BCUT2D eigenvalue weighted by molar-refractivity contribution is -0.931. The summed E-state index contributed by atoms with van der Waals surface area (Å²) in [5.41, 5.74) is 0. The normalized spacial score (nSPS) is 12.7. The summed E-state index contributed by atoms with van der Waals surface area (Å²) < 4.78 is 34.3. The van der Waals surface area contributed by atoms with Gasteiger partial charge in [-0.2, -0.15) is 8.42 Å². The van der Waals surface area contributed by atoms with Gasteiger partial charge in [0, 0.05) is 0 Å². The van der Waals surface area contributed by atoms with Crippen LogP contribution in [0.4, 0.5) is 0 Å². The molecular formula is C60H124NO4S+. The van der Waals surface area contributed by atoms with Crippen LogP contribution in [0.25, 0.3) is 0 Å². The first-order valence-corrected chi connectivity index (χ1v) is 32.4. The van der Waals surface area contributed by atoms with E-state index in [1.54, 1.807) is 0 Å². The van der Waals surface area contributed by atoms with Crippen LogP contribution in [0, 0.1) is 0 Å². The molecule has 0 aromatic heterocycles. The molecule has 6 heteroatoms. The van der Waals surface area contributed by atoms with Crippen molar-refractivity contribution in [3.05, 3.63) is 0 Å². The first-order valence-electron chi connectivity index (χ1n) is 30.8. The molecule has 0 saturated carbocycles. The van der Waals surface area contributed by atoms with Crippen molar-refractivity contribution >= 4 is 10.1 Å². The smallest absolute Gasteiger partial charge is 0.267 e. The minimum atomic E-state index is -4.21. The Kier molecular flexibility index (Phi) is 52.5. The summed E-state index contributed by atoms with van der Waals surface area (Å²) in [4.78, 5) is 0. The highest BCUT2D eigenvalue weighted by Gasteiger charge is 2.31. The van der Waals surface area contributed by atoms with Gasteiger partial charge in [0.2, 0.25) is 0 Å². The van der Waals surface area contributed by atoms with Crippen LogP contribution in [-0.4, -0.2) is 60.6 Å². The molecule has 0 aliphatic carbocycles. The van der Waals surface area contributed by atoms with Gasteiger partial charge in [0.05, 0.1) is 19.6 Å². The number of aliphatic hydroxyl groups is 1. The summed E-state index contributed by atoms with van der Waals surface area (Å²) in [7, 11) is -4.21. The zero-order valence-electron chi connectivity index (χ0n) is 45.7. The number of rotatable bonds is 58. The van der Waals surface area contributed by atoms with E-state index in [1.807, 2.05) is 0 Å². The summed E-state index contributed by atoms with van der Waals surface area (Å²) >= 11 is 0. The third kappa shape index (κ3) is 51.7. The van der Waals surface area contributed by atoms with Gasteiger partial charge in [-0.15, -0.1) is 0 Å². The van der Waals surface area contributed by atoms with Crippen molar-refractivity contribution in [3.8, 4) is 0 Å². The molecule has 1 atom stereocenters. The Hall–Kier alpha value is -0.170. The molecule has 5 nitrogen and oxygen atoms in total. The number of aliphatic hydroxyl groups excluding tert-OH is 1. The van der Waals surface area contributed by atoms with Crippen LogP contribution in [0.5, 0.6) is 0 Å². The first-order chi connectivity index (χ1) is 32.3. The molecule has 0 heterocycles. The zero-order valence-corrected chi connectivity index (χ0v) is 46.6. The van der Waals surface area contributed by atoms with E-state index < -0.39 is 22.0 Å². The van der Waals surface area contributed by atoms with Gasteiger partial charge in [0.25, 0.3) is 10.1 Å². The fourth-order valence-electron chi connectivity index (χ4n) is 10.9. The molecule has 0 amide bonds. The van der Waals surface area contributed by atoms with Crippen LogP contribution in [0.1, 0.15) is 348 Å². The van der Waals surface area contributed by atoms with Gasteiger partial charge >= 0.3 is 0 Å². The Morgan fingerprint density at radius 2 is 0.439 bits per heavy atom. The van der Waals surface area contributed by atoms with E-state index in [2.05, 4.69) is 20.8 Å². The Bertz CT molecular complexity index is 927. The molecule has 398 valence electrons. The van der Waals surface area contributed by atoms with Crippen LogP contribution < -0.4 is 0 Å². The predicted molar refractivity (Wildman–Crippen MR) is 295 cm³/mol. The molecule has 0 aromatic rings. The maximum atomic E-state index is 11.9. The van der Waals surface area contributed by atoms with E-state index in [0.717, 1.165) is 43.4 Å². The fraction of sp³-hybridized carbons (Fsp3) is 1.00. The van der Waals surface area contributed by atoms with Gasteiger partial charge in [-0.3, -0.25) is 4.55 Å². The van der Waals surface area contributed by atoms with Crippen LogP contribution in [0.2, 0.25) is 0 Å². The van der Waals surface area contributed by atoms with Crippen molar-refractivity contribution in [2.75, 3.05) is 31.9 Å². The van der Waals surface area contributed by atoms with Crippen molar-refractivity contribution in [2.24, 2.45) is 0 Å². The van der Waals surface area contributed by atoms with E-state index in [1.165, 1.54) is 308 Å². The average Bonchev–Trinajstić information content (AvgIpc) is 3.28. The van der Waals surface area contributed by atoms with Gasteiger partial charge < -0.3 is 9.59 Å². The maximum Gasteiger partial charge on any atom is 0.267 e. The largest absolute Gasteiger partial charge is 0.386 e. The Labute approximate surface area is 417 Å². The highest BCUT2D eigenvalue weighted by molar-refractivity contribution is 7.85. The van der Waals surface area contributed by atoms with E-state index in [4.69, 9.17) is 0 Å². The molecule has 0 radical (unpaired) electrons. The lowest BCUT2D eigenvalue weighted by Gasteiger charge is -2.40. The monoisotopic (exact) mass is 955 g/mol. The van der Waals surface area contributed by atoms with E-state index in [-0.39, 0.29) is 0 Å². The number of hydrogen-bond donors (Lipinski definition) is 2. The van der Waals surface area contributed by atoms with Crippen molar-refractivity contribution in [3.63, 3.8) is 0 Å². The number of unbranched alkanes of at least 4 members (excludes halogenated alkanes) is 48. The third-order valence-electron chi connectivity index (χ3n) is 15.2. The lowest BCUT2D eigenvalue weighted by atomic mass is 10.0. The van der Waals surface area contributed by atoms with Gasteiger partial charge in [-0.1, -0.05) is 310 Å². The van der Waals surface area contributed by atoms with Crippen molar-refractivity contribution < 1.29 is 22.6 Å². The van der Waals surface area contributed by atoms with Gasteiger partial charge in [0.1, 0.15) is 18.4 Å². The van der Waals surface area contributed by atoms with Crippen molar-refractivity contribution in [1.82, 2.24) is 0 Å². The second-order valence-corrected chi connectivity index (χ2v) is 23.6. The summed E-state index contributed by atoms with van der Waals surface area (Å²) in [6.45, 7) is 10.4. The van der Waals surface area contributed by atoms with E-state index in [0.29, 0.717) is 6.54 Å². The topological polar surface area (TPSA) is 74.6 Å². The number of quaternary nitrogens is 1. The zero-order chi connectivity index (χ0) is 48.2. The van der Waals surface area contributed by atoms with Crippen LogP contribution in [0.15, 0.2) is 0 Å². The molecule has 0 aromatic carbocycles. The van der Waals surface area contributed by atoms with E-state index in [9.17, 15) is 18.1 Å². The molecule has 1 unspecified atom stereocenters. The number of hydrogen-bond acceptors (Lipinski definition) is 3. The van der Waals surface area contributed by atoms with Crippen LogP contribution >= 0.6 is 0 Å². The molecule has 0 fully saturated rings. The molecule has 0 rings (SSSR count). The molecular weight excluding hydrogens is 831 g/mol. The van der Waals surface area contributed by atoms with Gasteiger partial charge in [-0.25, -0.2) is 0 Å². The molecule has 0 aliphatic rings. The summed E-state index contributed by atoms with van der Waals surface area (Å²) in [6.07, 6.45) is 68.7. The van der Waals surface area contributed by atoms with Crippen molar-refractivity contribution in [1.29, 1.82) is 0 Å². The summed E-state index contributed by atoms with van der Waals surface area (Å²) in [5, 5.41) is 11.1. The molecule has 0 bridgehead atoms. The van der Waals surface area contributed by atoms with E-state index >= 15 is 0 Å². The minimum absolute atomic E-state index is 0.455. The summed E-state index contributed by atoms with van der Waals surface area (Å²) in [5.74, 6) is -0.538. The standard InChI is InChI=1S/C60H123NO4S/c1-4-7-10-13-16-19-22-25-28-31-34-37-40-43-46-49-52-55-61(58-60(62)59-66(63,64)65,56-53-50-47-44-41-38-35-32-29-26-23-20-17-14-11-8-5-2)57-54-51-48-45-42-39-36-33-30-27-24-21-18-15-12-9-6-3/h60,62H,4-59H2,1-3H3/p+1. The Balaban J connectivity index is 4.77. The molecule has 0 saturated heterocycles. The van der Waals surface area contributed by atoms with Crippen LogP contribution in [0.3, 0.4) is 0 Å². The fourth-order valence-corrected chi connectivity index (χ4v) is 11.5. The SMILES string of the molecule is CCCCCCCCCCCCCCCCCCC[N+](CCCCCCCCCCCCCCCCCCC)(CCCCCCCCCCCCCCCCCCC)CC(O)CS(=O)(=O)O. The highest BCUT2D eigenvalue weighted by Crippen LogP contribution is 2.22. The Morgan fingerprint density at radius 1 is 0.288 bits per heavy atom. The second-order valence-electron chi connectivity index (χ2n) is 22.1. The van der Waals surface area contributed by atoms with Gasteiger partial charge in [0.15, 0.2) is 0 Å². The predicted octanol–water partition coefficient (Wildman–Crippen LogP) is 20.0. The van der Waals surface area contributed by atoms with Gasteiger partial charge in [-0.05, 0) is 38.5 Å². The maximum absolute atomic E-state index is 11.9. The average molecular weight is 956 g/mol. The lowest BCUT2D eigenvalue weighted by Crippen LogP contribution is -2.55. The Morgan fingerprint density at radius 3 is 0.591 bits per heavy atom. The molecule has 2 N–H and O–H groups in total. The highest BCUT2D eigenvalue weighted by atomic mass is 32.2. The molecule has 66 heavy (non-hydrogen) atoms. The van der Waals surface area contributed by atoms with Crippen LogP contribution in [-0.2, 0) is 10.1 Å². The molecule has 0 spiro atoms. The first kappa shape index (κ1) is 65.8. The summed E-state index contributed by atoms with van der Waals surface area (Å²) in [6, 6.07) is 0. The third-order valence-corrected chi connectivity index (χ3v) is 16.0. The van der Waals surface area contributed by atoms with Crippen molar-refractivity contribution in [2.45, 2.75) is 354 Å². The molecule has 0 aliphatic heterocycles. The second kappa shape index (κ2) is 52.6.